The largest absolute Gasteiger partial charge is 0.481 e. The van der Waals surface area contributed by atoms with Gasteiger partial charge >= 0.3 is 5.97 Å². The maximum atomic E-state index is 11.0. The van der Waals surface area contributed by atoms with Crippen LogP contribution in [0.1, 0.15) is 6.92 Å². The highest BCUT2D eigenvalue weighted by Crippen LogP contribution is 2.29. The summed E-state index contributed by atoms with van der Waals surface area (Å²) in [5.41, 5.74) is 0.965. The molecule has 1 aromatic rings. The van der Waals surface area contributed by atoms with Crippen LogP contribution in [0.3, 0.4) is 0 Å². The Morgan fingerprint density at radius 2 is 2.35 bits per heavy atom. The highest BCUT2D eigenvalue weighted by molar-refractivity contribution is 5.72. The summed E-state index contributed by atoms with van der Waals surface area (Å²) in [6, 6.07) is 3.70. The molecule has 5 heteroatoms. The lowest BCUT2D eigenvalue weighted by molar-refractivity contribution is -0.142. The van der Waals surface area contributed by atoms with Crippen molar-refractivity contribution in [1.82, 2.24) is 4.98 Å². The number of nitrogens with zero attached hydrogens (tertiary/aromatic N) is 2. The summed E-state index contributed by atoms with van der Waals surface area (Å²) in [5, 5.41) is 9.09. The number of hydrogen-bond acceptors (Lipinski definition) is 4. The third kappa shape index (κ3) is 2.33. The number of rotatable bonds is 3. The third-order valence-electron chi connectivity index (χ3n) is 3.22. The Morgan fingerprint density at radius 3 is 2.94 bits per heavy atom. The number of pyridine rings is 1. The zero-order valence-electron chi connectivity index (χ0n) is 9.96. The van der Waals surface area contributed by atoms with Gasteiger partial charge in [0.25, 0.3) is 0 Å². The SMILES string of the molecule is COc1cc(N2C[C@@H](C)[C@H](C(=O)O)C2)ccn1. The Bertz CT molecular complexity index is 422. The average molecular weight is 236 g/mol. The Hall–Kier alpha value is -1.78. The first kappa shape index (κ1) is 11.7. The van der Waals surface area contributed by atoms with Gasteiger partial charge in [-0.15, -0.1) is 0 Å². The number of methoxy groups -OCH3 is 1. The molecule has 17 heavy (non-hydrogen) atoms. The van der Waals surface area contributed by atoms with Crippen molar-refractivity contribution >= 4 is 11.7 Å². The number of anilines is 1. The van der Waals surface area contributed by atoms with Crippen LogP contribution in [0.25, 0.3) is 0 Å². The summed E-state index contributed by atoms with van der Waals surface area (Å²) in [5.74, 6) is -0.309. The van der Waals surface area contributed by atoms with Crippen molar-refractivity contribution in [3.8, 4) is 5.88 Å². The van der Waals surface area contributed by atoms with Crippen LogP contribution in [0, 0.1) is 11.8 Å². The molecule has 0 amide bonds. The lowest BCUT2D eigenvalue weighted by atomic mass is 9.99. The van der Waals surface area contributed by atoms with Gasteiger partial charge in [0.15, 0.2) is 0 Å². The van der Waals surface area contributed by atoms with Crippen LogP contribution in [0.15, 0.2) is 18.3 Å². The van der Waals surface area contributed by atoms with E-state index in [1.54, 1.807) is 13.3 Å². The quantitative estimate of drug-likeness (QED) is 0.855. The minimum absolute atomic E-state index is 0.159. The fourth-order valence-electron chi connectivity index (χ4n) is 2.21. The molecule has 1 fully saturated rings. The fourth-order valence-corrected chi connectivity index (χ4v) is 2.21. The van der Waals surface area contributed by atoms with Gasteiger partial charge in [0, 0.05) is 31.0 Å². The maximum absolute atomic E-state index is 11.0. The Kier molecular flexibility index (Phi) is 3.17. The Morgan fingerprint density at radius 1 is 1.59 bits per heavy atom. The summed E-state index contributed by atoms with van der Waals surface area (Å²) >= 11 is 0. The van der Waals surface area contributed by atoms with E-state index in [2.05, 4.69) is 9.88 Å². The van der Waals surface area contributed by atoms with E-state index in [1.807, 2.05) is 19.1 Å². The van der Waals surface area contributed by atoms with E-state index in [4.69, 9.17) is 9.84 Å². The van der Waals surface area contributed by atoms with Gasteiger partial charge in [-0.05, 0) is 12.0 Å². The second-order valence-electron chi connectivity index (χ2n) is 4.38. The summed E-state index contributed by atoms with van der Waals surface area (Å²) in [4.78, 5) is 17.1. The van der Waals surface area contributed by atoms with Crippen LogP contribution in [0.5, 0.6) is 5.88 Å². The van der Waals surface area contributed by atoms with E-state index in [0.717, 1.165) is 12.2 Å². The van der Waals surface area contributed by atoms with Gasteiger partial charge in [-0.1, -0.05) is 6.92 Å². The fraction of sp³-hybridized carbons (Fsp3) is 0.500. The molecule has 1 saturated heterocycles. The number of carboxylic acids is 1. The predicted molar refractivity (Wildman–Crippen MR) is 63.3 cm³/mol. The molecule has 0 saturated carbocycles. The maximum Gasteiger partial charge on any atom is 0.308 e. The van der Waals surface area contributed by atoms with Crippen LogP contribution in [0.2, 0.25) is 0 Å². The number of aliphatic carboxylic acids is 1. The summed E-state index contributed by atoms with van der Waals surface area (Å²) in [7, 11) is 1.57. The number of ether oxygens (including phenoxy) is 1. The van der Waals surface area contributed by atoms with Crippen molar-refractivity contribution in [2.75, 3.05) is 25.1 Å². The Balaban J connectivity index is 2.16. The molecule has 1 aliphatic heterocycles. The molecule has 2 atom stereocenters. The van der Waals surface area contributed by atoms with Gasteiger partial charge in [0.1, 0.15) is 0 Å². The molecule has 2 heterocycles. The third-order valence-corrected chi connectivity index (χ3v) is 3.22. The molecule has 1 N–H and O–H groups in total. The molecule has 2 rings (SSSR count). The van der Waals surface area contributed by atoms with Gasteiger partial charge in [0.05, 0.1) is 13.0 Å². The van der Waals surface area contributed by atoms with Crippen LogP contribution in [-0.4, -0.2) is 36.3 Å². The van der Waals surface area contributed by atoms with E-state index >= 15 is 0 Å². The van der Waals surface area contributed by atoms with Crippen molar-refractivity contribution in [2.45, 2.75) is 6.92 Å². The van der Waals surface area contributed by atoms with Crippen molar-refractivity contribution in [2.24, 2.45) is 11.8 Å². The van der Waals surface area contributed by atoms with Crippen LogP contribution in [0.4, 0.5) is 5.69 Å². The molecule has 0 unspecified atom stereocenters. The van der Waals surface area contributed by atoms with Crippen LogP contribution in [-0.2, 0) is 4.79 Å². The second-order valence-corrected chi connectivity index (χ2v) is 4.38. The number of carbonyl (C=O) groups is 1. The molecule has 1 aliphatic rings. The van der Waals surface area contributed by atoms with Crippen LogP contribution >= 0.6 is 0 Å². The normalized spacial score (nSPS) is 23.8. The van der Waals surface area contributed by atoms with E-state index in [-0.39, 0.29) is 11.8 Å². The second kappa shape index (κ2) is 4.61. The van der Waals surface area contributed by atoms with E-state index in [1.165, 1.54) is 0 Å². The van der Waals surface area contributed by atoms with E-state index in [0.29, 0.717) is 12.4 Å². The monoisotopic (exact) mass is 236 g/mol. The number of carboxylic acid groups (broad SMARTS) is 1. The first-order valence-corrected chi connectivity index (χ1v) is 5.59. The molecule has 0 aliphatic carbocycles. The summed E-state index contributed by atoms with van der Waals surface area (Å²) < 4.78 is 5.06. The number of aromatic nitrogens is 1. The zero-order chi connectivity index (χ0) is 12.4. The van der Waals surface area contributed by atoms with E-state index in [9.17, 15) is 4.79 Å². The Labute approximate surface area is 100 Å². The van der Waals surface area contributed by atoms with Gasteiger partial charge in [-0.3, -0.25) is 4.79 Å². The van der Waals surface area contributed by atoms with Gasteiger partial charge < -0.3 is 14.7 Å². The van der Waals surface area contributed by atoms with Gasteiger partial charge in [0.2, 0.25) is 5.88 Å². The van der Waals surface area contributed by atoms with Crippen molar-refractivity contribution in [3.63, 3.8) is 0 Å². The van der Waals surface area contributed by atoms with Crippen molar-refractivity contribution in [1.29, 1.82) is 0 Å². The van der Waals surface area contributed by atoms with E-state index < -0.39 is 5.97 Å². The molecule has 5 nitrogen and oxygen atoms in total. The molecule has 0 radical (unpaired) electrons. The lowest BCUT2D eigenvalue weighted by Gasteiger charge is -2.18. The zero-order valence-corrected chi connectivity index (χ0v) is 9.96. The number of hydrogen-bond donors (Lipinski definition) is 1. The smallest absolute Gasteiger partial charge is 0.308 e. The first-order chi connectivity index (χ1) is 8.11. The highest BCUT2D eigenvalue weighted by Gasteiger charge is 2.34. The van der Waals surface area contributed by atoms with Crippen LogP contribution < -0.4 is 9.64 Å². The summed E-state index contributed by atoms with van der Waals surface area (Å²) in [6.07, 6.45) is 1.67. The molecule has 1 aromatic heterocycles. The highest BCUT2D eigenvalue weighted by atomic mass is 16.5. The summed E-state index contributed by atoms with van der Waals surface area (Å²) in [6.45, 7) is 3.27. The standard InChI is InChI=1S/C12H16N2O3/c1-8-6-14(7-10(8)12(15)16)9-3-4-13-11(5-9)17-2/h3-5,8,10H,6-7H2,1-2H3,(H,15,16)/t8-,10-/m1/s1. The van der Waals surface area contributed by atoms with Gasteiger partial charge in [-0.2, -0.15) is 0 Å². The van der Waals surface area contributed by atoms with Gasteiger partial charge in [-0.25, -0.2) is 4.98 Å². The first-order valence-electron chi connectivity index (χ1n) is 5.59. The van der Waals surface area contributed by atoms with Crippen molar-refractivity contribution < 1.29 is 14.6 Å². The molecule has 0 spiro atoms. The molecule has 0 aromatic carbocycles. The molecular formula is C12H16N2O3. The minimum atomic E-state index is -0.721. The predicted octanol–water partition coefficient (Wildman–Crippen LogP) is 1.25. The molecule has 0 bridgehead atoms. The minimum Gasteiger partial charge on any atom is -0.481 e. The molecular weight excluding hydrogens is 220 g/mol. The van der Waals surface area contributed by atoms with Crippen molar-refractivity contribution in [3.05, 3.63) is 18.3 Å². The topological polar surface area (TPSA) is 62.7 Å². The lowest BCUT2D eigenvalue weighted by Crippen LogP contribution is -2.23. The average Bonchev–Trinajstić information content (AvgIpc) is 2.71. The molecule has 92 valence electrons.